The van der Waals surface area contributed by atoms with Crippen LogP contribution in [0.25, 0.3) is 0 Å². The maximum atomic E-state index is 13.4. The van der Waals surface area contributed by atoms with Crippen LogP contribution in [-0.2, 0) is 10.0 Å². The van der Waals surface area contributed by atoms with Crippen molar-refractivity contribution in [1.82, 2.24) is 0 Å². The van der Waals surface area contributed by atoms with Crippen LogP contribution in [0.5, 0.6) is 5.75 Å². The first-order valence-electron chi connectivity index (χ1n) is 6.15. The molecule has 23 heavy (non-hydrogen) atoms. The molecule has 0 amide bonds. The van der Waals surface area contributed by atoms with Crippen LogP contribution < -0.4 is 15.2 Å². The summed E-state index contributed by atoms with van der Waals surface area (Å²) < 4.78 is 41.2. The summed E-state index contributed by atoms with van der Waals surface area (Å²) >= 11 is 0. The first-order valence-corrected chi connectivity index (χ1v) is 7.69. The van der Waals surface area contributed by atoms with E-state index in [0.717, 1.165) is 12.1 Å². The van der Waals surface area contributed by atoms with E-state index in [1.165, 1.54) is 31.4 Å². The van der Waals surface area contributed by atoms with Crippen LogP contribution in [0.2, 0.25) is 0 Å². The largest absolute Gasteiger partial charge is 0.494 e. The first kappa shape index (κ1) is 16.6. The third kappa shape index (κ3) is 3.55. The minimum Gasteiger partial charge on any atom is -0.494 e. The van der Waals surface area contributed by atoms with Gasteiger partial charge < -0.3 is 10.1 Å². The third-order valence-electron chi connectivity index (χ3n) is 2.92. The highest BCUT2D eigenvalue weighted by molar-refractivity contribution is 7.89. The number of primary sulfonamides is 1. The van der Waals surface area contributed by atoms with Crippen molar-refractivity contribution in [3.63, 3.8) is 0 Å². The van der Waals surface area contributed by atoms with E-state index in [-0.39, 0.29) is 17.1 Å². The smallest absolute Gasteiger partial charge is 0.312 e. The fourth-order valence-corrected chi connectivity index (χ4v) is 2.66. The van der Waals surface area contributed by atoms with Gasteiger partial charge in [-0.25, -0.2) is 17.9 Å². The van der Waals surface area contributed by atoms with Crippen LogP contribution in [0.1, 0.15) is 0 Å². The van der Waals surface area contributed by atoms with Gasteiger partial charge in [-0.05, 0) is 24.3 Å². The van der Waals surface area contributed by atoms with E-state index in [1.54, 1.807) is 0 Å². The highest BCUT2D eigenvalue weighted by atomic mass is 32.2. The van der Waals surface area contributed by atoms with Crippen molar-refractivity contribution in [1.29, 1.82) is 0 Å². The standard InChI is InChI=1S/C13H12FN3O5S/c1-22-11-7-8(5-6-9(11)14)16-10-3-2-4-12(23(15,20)21)13(10)17(18)19/h2-7,16H,1H3,(H2,15,20,21). The summed E-state index contributed by atoms with van der Waals surface area (Å²) in [6.07, 6.45) is 0. The highest BCUT2D eigenvalue weighted by Gasteiger charge is 2.26. The average molecular weight is 341 g/mol. The Morgan fingerprint density at radius 3 is 2.57 bits per heavy atom. The predicted molar refractivity (Wildman–Crippen MR) is 80.7 cm³/mol. The summed E-state index contributed by atoms with van der Waals surface area (Å²) in [7, 11) is -3.01. The quantitative estimate of drug-likeness (QED) is 0.634. The van der Waals surface area contributed by atoms with E-state index in [4.69, 9.17) is 9.88 Å². The number of rotatable bonds is 5. The Morgan fingerprint density at radius 2 is 2.00 bits per heavy atom. The van der Waals surface area contributed by atoms with Gasteiger partial charge in [0, 0.05) is 11.8 Å². The third-order valence-corrected chi connectivity index (χ3v) is 3.86. The van der Waals surface area contributed by atoms with Crippen molar-refractivity contribution in [2.45, 2.75) is 4.90 Å². The van der Waals surface area contributed by atoms with Gasteiger partial charge in [0.2, 0.25) is 10.0 Å². The molecule has 0 bridgehead atoms. The molecule has 122 valence electrons. The molecule has 0 saturated heterocycles. The number of anilines is 2. The van der Waals surface area contributed by atoms with Crippen LogP contribution in [0.4, 0.5) is 21.5 Å². The first-order chi connectivity index (χ1) is 10.7. The van der Waals surface area contributed by atoms with Gasteiger partial charge in [-0.1, -0.05) is 6.07 Å². The lowest BCUT2D eigenvalue weighted by molar-refractivity contribution is -0.386. The Balaban J connectivity index is 2.54. The van der Waals surface area contributed by atoms with E-state index in [0.29, 0.717) is 0 Å². The molecule has 0 radical (unpaired) electrons. The Kier molecular flexibility index (Phi) is 4.48. The predicted octanol–water partition coefficient (Wildman–Crippen LogP) is 2.13. The lowest BCUT2D eigenvalue weighted by Crippen LogP contribution is -2.15. The van der Waals surface area contributed by atoms with E-state index in [1.807, 2.05) is 0 Å². The van der Waals surface area contributed by atoms with E-state index in [9.17, 15) is 22.9 Å². The van der Waals surface area contributed by atoms with Crippen LogP contribution in [0.15, 0.2) is 41.3 Å². The zero-order valence-corrected chi connectivity index (χ0v) is 12.6. The molecule has 0 unspecified atom stereocenters. The summed E-state index contributed by atoms with van der Waals surface area (Å²) in [6.45, 7) is 0. The molecule has 3 N–H and O–H groups in total. The van der Waals surface area contributed by atoms with Crippen molar-refractivity contribution >= 4 is 27.1 Å². The lowest BCUT2D eigenvalue weighted by atomic mass is 10.2. The zero-order chi connectivity index (χ0) is 17.2. The second-order valence-electron chi connectivity index (χ2n) is 4.43. The molecule has 2 aromatic rings. The van der Waals surface area contributed by atoms with Gasteiger partial charge in [-0.15, -0.1) is 0 Å². The van der Waals surface area contributed by atoms with Crippen LogP contribution in [0.3, 0.4) is 0 Å². The molecule has 0 aliphatic heterocycles. The van der Waals surface area contributed by atoms with Gasteiger partial charge in [0.15, 0.2) is 16.5 Å². The van der Waals surface area contributed by atoms with Gasteiger partial charge in [0.25, 0.3) is 0 Å². The highest BCUT2D eigenvalue weighted by Crippen LogP contribution is 2.34. The van der Waals surface area contributed by atoms with Gasteiger partial charge in [0.1, 0.15) is 5.69 Å². The molecule has 2 aromatic carbocycles. The molecule has 0 heterocycles. The fraction of sp³-hybridized carbons (Fsp3) is 0.0769. The minimum absolute atomic E-state index is 0.0692. The van der Waals surface area contributed by atoms with Crippen molar-refractivity contribution < 1.29 is 22.5 Å². The van der Waals surface area contributed by atoms with Gasteiger partial charge in [0.05, 0.1) is 12.0 Å². The molecule has 10 heteroatoms. The molecule has 0 spiro atoms. The maximum absolute atomic E-state index is 13.4. The molecule has 8 nitrogen and oxygen atoms in total. The van der Waals surface area contributed by atoms with E-state index in [2.05, 4.69) is 5.32 Å². The number of hydrogen-bond acceptors (Lipinski definition) is 6. The SMILES string of the molecule is COc1cc(Nc2cccc(S(N)(=O)=O)c2[N+](=O)[O-])ccc1F. The normalized spacial score (nSPS) is 11.1. The number of nitro benzene ring substituents is 1. The topological polar surface area (TPSA) is 125 Å². The second-order valence-corrected chi connectivity index (χ2v) is 5.96. The number of halogens is 1. The summed E-state index contributed by atoms with van der Waals surface area (Å²) in [5.41, 5.74) is -0.522. The van der Waals surface area contributed by atoms with Crippen molar-refractivity contribution in [3.05, 3.63) is 52.3 Å². The number of methoxy groups -OCH3 is 1. The van der Waals surface area contributed by atoms with Gasteiger partial charge in [-0.3, -0.25) is 10.1 Å². The van der Waals surface area contributed by atoms with Gasteiger partial charge in [-0.2, -0.15) is 0 Å². The molecule has 0 saturated carbocycles. The van der Waals surface area contributed by atoms with Crippen LogP contribution in [-0.4, -0.2) is 20.5 Å². The van der Waals surface area contributed by atoms with E-state index < -0.39 is 31.3 Å². The lowest BCUT2D eigenvalue weighted by Gasteiger charge is -2.10. The molecular weight excluding hydrogens is 329 g/mol. The number of nitrogens with two attached hydrogens (primary N) is 1. The second kappa shape index (κ2) is 6.18. The summed E-state index contributed by atoms with van der Waals surface area (Å²) in [5.74, 6) is -0.675. The summed E-state index contributed by atoms with van der Waals surface area (Å²) in [4.78, 5) is 9.74. The number of sulfonamides is 1. The molecule has 0 aliphatic rings. The Bertz CT molecular complexity index is 870. The molecule has 2 rings (SSSR count). The molecular formula is C13H12FN3O5S. The molecule has 0 aliphatic carbocycles. The number of nitrogens with one attached hydrogen (secondary N) is 1. The Labute approximate surface area is 130 Å². The molecule has 0 fully saturated rings. The molecule has 0 aromatic heterocycles. The number of nitro groups is 1. The van der Waals surface area contributed by atoms with Gasteiger partial charge >= 0.3 is 5.69 Å². The van der Waals surface area contributed by atoms with Crippen molar-refractivity contribution in [2.75, 3.05) is 12.4 Å². The summed E-state index contributed by atoms with van der Waals surface area (Å²) in [5, 5.41) is 18.9. The Morgan fingerprint density at radius 1 is 1.30 bits per heavy atom. The monoisotopic (exact) mass is 341 g/mol. The fourth-order valence-electron chi connectivity index (χ4n) is 1.93. The van der Waals surface area contributed by atoms with E-state index >= 15 is 0 Å². The average Bonchev–Trinajstić information content (AvgIpc) is 2.47. The zero-order valence-electron chi connectivity index (χ0n) is 11.8. The minimum atomic E-state index is -4.28. The number of para-hydroxylation sites is 1. The number of ether oxygens (including phenoxy) is 1. The molecule has 0 atom stereocenters. The number of benzene rings is 2. The number of hydrogen-bond donors (Lipinski definition) is 2. The Hall–Kier alpha value is -2.72. The van der Waals surface area contributed by atoms with Crippen LogP contribution in [0, 0.1) is 15.9 Å². The van der Waals surface area contributed by atoms with Crippen molar-refractivity contribution in [2.24, 2.45) is 5.14 Å². The number of nitrogens with zero attached hydrogens (tertiary/aromatic N) is 1. The summed E-state index contributed by atoms with van der Waals surface area (Å²) in [6, 6.07) is 7.35. The maximum Gasteiger partial charge on any atom is 0.312 e. The van der Waals surface area contributed by atoms with Crippen molar-refractivity contribution in [3.8, 4) is 5.75 Å². The van der Waals surface area contributed by atoms with Crippen LogP contribution >= 0.6 is 0 Å².